The molecule has 0 bridgehead atoms. The zero-order chi connectivity index (χ0) is 13.7. The molecule has 0 saturated heterocycles. The van der Waals surface area contributed by atoms with Crippen LogP contribution in [0.1, 0.15) is 11.1 Å². The lowest BCUT2D eigenvalue weighted by Gasteiger charge is -2.09. The molecule has 0 aliphatic carbocycles. The molecule has 0 atom stereocenters. The first-order valence-electron chi connectivity index (χ1n) is 6.04. The Hall–Kier alpha value is -1.58. The quantitative estimate of drug-likeness (QED) is 0.826. The Kier molecular flexibility index (Phi) is 4.77. The smallest absolute Gasteiger partial charge is 0.104 e. The normalized spacial score (nSPS) is 10.2. The zero-order valence-electron chi connectivity index (χ0n) is 10.4. The molecule has 0 saturated carbocycles. The predicted molar refractivity (Wildman–Crippen MR) is 86.0 cm³/mol. The number of nitrogens with one attached hydrogen (secondary N) is 1. The highest BCUT2D eigenvalue weighted by Gasteiger charge is 2.03. The molecule has 0 radical (unpaired) electrons. The Morgan fingerprint density at radius 2 is 1.89 bits per heavy atom. The van der Waals surface area contributed by atoms with Crippen molar-refractivity contribution < 1.29 is 0 Å². The number of rotatable bonds is 5. The van der Waals surface area contributed by atoms with Crippen molar-refractivity contribution in [2.24, 2.45) is 5.73 Å². The summed E-state index contributed by atoms with van der Waals surface area (Å²) in [6.07, 6.45) is 0.953. The summed E-state index contributed by atoms with van der Waals surface area (Å²) in [4.78, 5) is 0.359. The zero-order valence-corrected chi connectivity index (χ0v) is 12.0. The summed E-state index contributed by atoms with van der Waals surface area (Å²) in [7, 11) is 0. The second kappa shape index (κ2) is 6.55. The minimum absolute atomic E-state index is 0.359. The SMILES string of the molecule is NC(=S)c1ccc(NCCc2ccccc2)c(Cl)c1. The fraction of sp³-hybridized carbons (Fsp3) is 0.133. The maximum Gasteiger partial charge on any atom is 0.104 e. The van der Waals surface area contributed by atoms with E-state index in [1.165, 1.54) is 5.56 Å². The van der Waals surface area contributed by atoms with Crippen molar-refractivity contribution in [3.8, 4) is 0 Å². The van der Waals surface area contributed by atoms with Gasteiger partial charge in [0.15, 0.2) is 0 Å². The average molecular weight is 291 g/mol. The summed E-state index contributed by atoms with van der Waals surface area (Å²) in [6, 6.07) is 15.9. The van der Waals surface area contributed by atoms with Crippen molar-refractivity contribution in [1.29, 1.82) is 0 Å². The van der Waals surface area contributed by atoms with E-state index in [0.717, 1.165) is 24.2 Å². The molecule has 2 rings (SSSR count). The van der Waals surface area contributed by atoms with Gasteiger partial charge < -0.3 is 11.1 Å². The van der Waals surface area contributed by atoms with Crippen molar-refractivity contribution in [2.75, 3.05) is 11.9 Å². The van der Waals surface area contributed by atoms with Gasteiger partial charge in [-0.05, 0) is 30.2 Å². The number of benzene rings is 2. The highest BCUT2D eigenvalue weighted by molar-refractivity contribution is 7.80. The molecule has 0 aliphatic rings. The molecule has 0 unspecified atom stereocenters. The molecule has 0 spiro atoms. The Balaban J connectivity index is 1.95. The summed E-state index contributed by atoms with van der Waals surface area (Å²) in [6.45, 7) is 0.830. The van der Waals surface area contributed by atoms with Crippen molar-refractivity contribution in [3.05, 3.63) is 64.7 Å². The first-order chi connectivity index (χ1) is 9.16. The van der Waals surface area contributed by atoms with Gasteiger partial charge in [0.05, 0.1) is 10.7 Å². The van der Waals surface area contributed by atoms with Crippen LogP contribution in [0.5, 0.6) is 0 Å². The van der Waals surface area contributed by atoms with E-state index in [0.29, 0.717) is 10.0 Å². The number of hydrogen-bond donors (Lipinski definition) is 2. The molecule has 98 valence electrons. The number of nitrogens with two attached hydrogens (primary N) is 1. The van der Waals surface area contributed by atoms with Gasteiger partial charge >= 0.3 is 0 Å². The third kappa shape index (κ3) is 3.94. The van der Waals surface area contributed by atoms with Gasteiger partial charge in [0.25, 0.3) is 0 Å². The highest BCUT2D eigenvalue weighted by atomic mass is 35.5. The summed E-state index contributed by atoms with van der Waals surface area (Å²) < 4.78 is 0. The fourth-order valence-electron chi connectivity index (χ4n) is 1.80. The van der Waals surface area contributed by atoms with Gasteiger partial charge in [-0.3, -0.25) is 0 Å². The molecule has 0 aromatic heterocycles. The van der Waals surface area contributed by atoms with E-state index >= 15 is 0 Å². The van der Waals surface area contributed by atoms with Crippen LogP contribution in [0, 0.1) is 0 Å². The van der Waals surface area contributed by atoms with Gasteiger partial charge in [-0.15, -0.1) is 0 Å². The minimum Gasteiger partial charge on any atom is -0.389 e. The molecule has 4 heteroatoms. The number of anilines is 1. The van der Waals surface area contributed by atoms with Crippen LogP contribution in [-0.4, -0.2) is 11.5 Å². The van der Waals surface area contributed by atoms with Gasteiger partial charge in [-0.2, -0.15) is 0 Å². The number of thiocarbonyl (C=S) groups is 1. The third-order valence-electron chi connectivity index (χ3n) is 2.83. The van der Waals surface area contributed by atoms with Crippen molar-refractivity contribution in [2.45, 2.75) is 6.42 Å². The molecule has 0 fully saturated rings. The van der Waals surface area contributed by atoms with Crippen molar-refractivity contribution >= 4 is 34.5 Å². The lowest BCUT2D eigenvalue weighted by atomic mass is 10.1. The molecule has 2 aromatic rings. The van der Waals surface area contributed by atoms with E-state index in [1.807, 2.05) is 30.3 Å². The van der Waals surface area contributed by atoms with Crippen LogP contribution in [0.15, 0.2) is 48.5 Å². The summed E-state index contributed by atoms with van der Waals surface area (Å²) >= 11 is 11.1. The van der Waals surface area contributed by atoms with Crippen LogP contribution in [0.25, 0.3) is 0 Å². The fourth-order valence-corrected chi connectivity index (χ4v) is 2.17. The number of halogens is 1. The summed E-state index contributed by atoms with van der Waals surface area (Å²) in [5, 5.41) is 3.95. The first-order valence-corrected chi connectivity index (χ1v) is 6.82. The summed E-state index contributed by atoms with van der Waals surface area (Å²) in [5.41, 5.74) is 8.54. The van der Waals surface area contributed by atoms with E-state index in [-0.39, 0.29) is 0 Å². The van der Waals surface area contributed by atoms with Crippen LogP contribution < -0.4 is 11.1 Å². The van der Waals surface area contributed by atoms with Crippen LogP contribution >= 0.6 is 23.8 Å². The van der Waals surface area contributed by atoms with E-state index in [9.17, 15) is 0 Å². The Labute approximate surface area is 123 Å². The maximum atomic E-state index is 6.18. The van der Waals surface area contributed by atoms with Crippen LogP contribution in [-0.2, 0) is 6.42 Å². The van der Waals surface area contributed by atoms with Gasteiger partial charge in [0.2, 0.25) is 0 Å². The van der Waals surface area contributed by atoms with Crippen LogP contribution in [0.4, 0.5) is 5.69 Å². The molecule has 0 aliphatic heterocycles. The topological polar surface area (TPSA) is 38.0 Å². The Bertz CT molecular complexity index is 570. The average Bonchev–Trinajstić information content (AvgIpc) is 2.41. The van der Waals surface area contributed by atoms with Gasteiger partial charge in [0, 0.05) is 12.1 Å². The lowest BCUT2D eigenvalue weighted by molar-refractivity contribution is 1.02. The standard InChI is InChI=1S/C15H15ClN2S/c16-13-10-12(15(17)19)6-7-14(13)18-9-8-11-4-2-1-3-5-11/h1-7,10,18H,8-9H2,(H2,17,19). The molecule has 2 aromatic carbocycles. The second-order valence-electron chi connectivity index (χ2n) is 4.22. The molecular formula is C15H15ClN2S. The van der Waals surface area contributed by atoms with Crippen LogP contribution in [0.2, 0.25) is 5.02 Å². The van der Waals surface area contributed by atoms with Crippen molar-refractivity contribution in [1.82, 2.24) is 0 Å². The van der Waals surface area contributed by atoms with E-state index in [4.69, 9.17) is 29.6 Å². The summed E-state index contributed by atoms with van der Waals surface area (Å²) in [5.74, 6) is 0. The number of hydrogen-bond acceptors (Lipinski definition) is 2. The second-order valence-corrected chi connectivity index (χ2v) is 5.07. The third-order valence-corrected chi connectivity index (χ3v) is 3.37. The Morgan fingerprint density at radius 1 is 1.16 bits per heavy atom. The molecule has 19 heavy (non-hydrogen) atoms. The monoisotopic (exact) mass is 290 g/mol. The lowest BCUT2D eigenvalue weighted by Crippen LogP contribution is -2.10. The predicted octanol–water partition coefficient (Wildman–Crippen LogP) is 3.63. The highest BCUT2D eigenvalue weighted by Crippen LogP contribution is 2.23. The van der Waals surface area contributed by atoms with E-state index in [1.54, 1.807) is 6.07 Å². The van der Waals surface area contributed by atoms with Crippen molar-refractivity contribution in [3.63, 3.8) is 0 Å². The van der Waals surface area contributed by atoms with Gasteiger partial charge in [-0.1, -0.05) is 54.2 Å². The largest absolute Gasteiger partial charge is 0.389 e. The van der Waals surface area contributed by atoms with E-state index in [2.05, 4.69) is 17.4 Å². The Morgan fingerprint density at radius 3 is 2.53 bits per heavy atom. The molecular weight excluding hydrogens is 276 g/mol. The first kappa shape index (κ1) is 13.8. The molecule has 3 N–H and O–H groups in total. The maximum absolute atomic E-state index is 6.18. The molecule has 0 amide bonds. The van der Waals surface area contributed by atoms with Gasteiger partial charge in [0.1, 0.15) is 4.99 Å². The van der Waals surface area contributed by atoms with E-state index < -0.39 is 0 Å². The van der Waals surface area contributed by atoms with Crippen LogP contribution in [0.3, 0.4) is 0 Å². The molecule has 2 nitrogen and oxygen atoms in total. The molecule has 0 heterocycles. The van der Waals surface area contributed by atoms with Gasteiger partial charge in [-0.25, -0.2) is 0 Å². The minimum atomic E-state index is 0.359.